The van der Waals surface area contributed by atoms with E-state index in [2.05, 4.69) is 4.90 Å². The molecule has 104 valence electrons. The number of hydrogen-bond donors (Lipinski definition) is 2. The molecule has 0 saturated carbocycles. The number of nitrogens with zero attached hydrogens (tertiary/aromatic N) is 1. The van der Waals surface area contributed by atoms with E-state index in [0.717, 1.165) is 38.2 Å². The Kier molecular flexibility index (Phi) is 4.66. The van der Waals surface area contributed by atoms with Crippen LogP contribution < -0.4 is 10.6 Å². The lowest BCUT2D eigenvalue weighted by Crippen LogP contribution is -2.39. The number of benzene rings is 1. The van der Waals surface area contributed by atoms with E-state index in [1.807, 2.05) is 19.1 Å². The molecule has 1 aliphatic heterocycles. The Bertz CT molecular complexity index is 462. The van der Waals surface area contributed by atoms with E-state index in [1.54, 1.807) is 6.07 Å². The molecule has 0 bridgehead atoms. The molecule has 5 heteroatoms. The SMILES string of the molecule is CCOC1CCCN(c2ccc(C(=N)N)cc2Cl)C1. The molecule has 1 saturated heterocycles. The third-order valence-electron chi connectivity index (χ3n) is 3.38. The number of rotatable bonds is 4. The monoisotopic (exact) mass is 281 g/mol. The fourth-order valence-electron chi connectivity index (χ4n) is 2.46. The van der Waals surface area contributed by atoms with E-state index in [0.29, 0.717) is 10.6 Å². The molecule has 0 spiro atoms. The normalized spacial score (nSPS) is 19.5. The van der Waals surface area contributed by atoms with Crippen molar-refractivity contribution in [3.05, 3.63) is 28.8 Å². The number of hydrogen-bond acceptors (Lipinski definition) is 3. The molecule has 1 aromatic carbocycles. The summed E-state index contributed by atoms with van der Waals surface area (Å²) < 4.78 is 5.70. The Morgan fingerprint density at radius 1 is 1.58 bits per heavy atom. The molecule has 1 aromatic rings. The largest absolute Gasteiger partial charge is 0.384 e. The van der Waals surface area contributed by atoms with Crippen LogP contribution in [0.5, 0.6) is 0 Å². The molecule has 1 heterocycles. The number of amidine groups is 1. The maximum Gasteiger partial charge on any atom is 0.122 e. The molecular formula is C14H20ClN3O. The summed E-state index contributed by atoms with van der Waals surface area (Å²) in [6.07, 6.45) is 2.49. The van der Waals surface area contributed by atoms with Crippen molar-refractivity contribution in [2.24, 2.45) is 5.73 Å². The molecule has 0 aliphatic carbocycles. The molecule has 19 heavy (non-hydrogen) atoms. The van der Waals surface area contributed by atoms with Gasteiger partial charge in [0.2, 0.25) is 0 Å². The van der Waals surface area contributed by atoms with Crippen LogP contribution in [-0.4, -0.2) is 31.6 Å². The molecule has 1 fully saturated rings. The maximum absolute atomic E-state index is 7.42. The van der Waals surface area contributed by atoms with Gasteiger partial charge in [-0.2, -0.15) is 0 Å². The Morgan fingerprint density at radius 2 is 2.37 bits per heavy atom. The first-order valence-electron chi connectivity index (χ1n) is 6.62. The lowest BCUT2D eigenvalue weighted by molar-refractivity contribution is 0.0527. The second-order valence-electron chi connectivity index (χ2n) is 4.75. The topological polar surface area (TPSA) is 62.3 Å². The average Bonchev–Trinajstić information content (AvgIpc) is 2.39. The Labute approximate surface area is 119 Å². The molecule has 0 aromatic heterocycles. The van der Waals surface area contributed by atoms with Crippen LogP contribution >= 0.6 is 11.6 Å². The second kappa shape index (κ2) is 6.26. The highest BCUT2D eigenvalue weighted by Crippen LogP contribution is 2.29. The van der Waals surface area contributed by atoms with Crippen molar-refractivity contribution in [2.45, 2.75) is 25.9 Å². The number of piperidine rings is 1. The minimum Gasteiger partial charge on any atom is -0.384 e. The van der Waals surface area contributed by atoms with Gasteiger partial charge in [0.05, 0.1) is 16.8 Å². The molecule has 0 radical (unpaired) electrons. The minimum absolute atomic E-state index is 0.0410. The molecule has 3 N–H and O–H groups in total. The predicted octanol–water partition coefficient (Wildman–Crippen LogP) is 2.63. The van der Waals surface area contributed by atoms with Crippen LogP contribution in [0.2, 0.25) is 5.02 Å². The van der Waals surface area contributed by atoms with Gasteiger partial charge in [0.1, 0.15) is 5.84 Å². The van der Waals surface area contributed by atoms with Crippen molar-refractivity contribution in [3.8, 4) is 0 Å². The highest BCUT2D eigenvalue weighted by Gasteiger charge is 2.21. The molecule has 4 nitrogen and oxygen atoms in total. The quantitative estimate of drug-likeness (QED) is 0.659. The van der Waals surface area contributed by atoms with E-state index >= 15 is 0 Å². The number of nitrogens with one attached hydrogen (secondary N) is 1. The van der Waals surface area contributed by atoms with Gasteiger partial charge in [-0.15, -0.1) is 0 Å². The lowest BCUT2D eigenvalue weighted by Gasteiger charge is -2.34. The van der Waals surface area contributed by atoms with E-state index < -0.39 is 0 Å². The van der Waals surface area contributed by atoms with E-state index in [9.17, 15) is 0 Å². The zero-order valence-electron chi connectivity index (χ0n) is 11.2. The van der Waals surface area contributed by atoms with Crippen molar-refractivity contribution in [3.63, 3.8) is 0 Å². The van der Waals surface area contributed by atoms with E-state index in [4.69, 9.17) is 27.5 Å². The molecule has 1 atom stereocenters. The van der Waals surface area contributed by atoms with Gasteiger partial charge in [-0.25, -0.2) is 0 Å². The molecular weight excluding hydrogens is 262 g/mol. The lowest BCUT2D eigenvalue weighted by atomic mass is 10.1. The van der Waals surface area contributed by atoms with Crippen LogP contribution in [-0.2, 0) is 4.74 Å². The van der Waals surface area contributed by atoms with Gasteiger partial charge in [-0.1, -0.05) is 11.6 Å². The van der Waals surface area contributed by atoms with Crippen LogP contribution in [0.15, 0.2) is 18.2 Å². The average molecular weight is 282 g/mol. The third-order valence-corrected chi connectivity index (χ3v) is 3.68. The third kappa shape index (κ3) is 3.39. The number of nitrogen functional groups attached to an aromatic ring is 1. The molecule has 0 amide bonds. The zero-order chi connectivity index (χ0) is 13.8. The van der Waals surface area contributed by atoms with Gasteiger partial charge in [-0.05, 0) is 38.0 Å². The fraction of sp³-hybridized carbons (Fsp3) is 0.500. The highest BCUT2D eigenvalue weighted by atomic mass is 35.5. The highest BCUT2D eigenvalue weighted by molar-refractivity contribution is 6.33. The first-order valence-corrected chi connectivity index (χ1v) is 7.00. The molecule has 1 aliphatic rings. The number of anilines is 1. The van der Waals surface area contributed by atoms with Gasteiger partial charge >= 0.3 is 0 Å². The number of nitrogens with two attached hydrogens (primary N) is 1. The van der Waals surface area contributed by atoms with Gasteiger partial charge in [0.25, 0.3) is 0 Å². The predicted molar refractivity (Wildman–Crippen MR) is 79.3 cm³/mol. The Hall–Kier alpha value is -1.26. The van der Waals surface area contributed by atoms with Crippen LogP contribution in [0, 0.1) is 5.41 Å². The van der Waals surface area contributed by atoms with Crippen LogP contribution in [0.4, 0.5) is 5.69 Å². The van der Waals surface area contributed by atoms with Gasteiger partial charge in [0, 0.05) is 25.3 Å². The van der Waals surface area contributed by atoms with Gasteiger partial charge < -0.3 is 15.4 Å². The summed E-state index contributed by atoms with van der Waals surface area (Å²) in [4.78, 5) is 2.25. The smallest absolute Gasteiger partial charge is 0.122 e. The summed E-state index contributed by atoms with van der Waals surface area (Å²) in [7, 11) is 0. The van der Waals surface area contributed by atoms with Crippen LogP contribution in [0.3, 0.4) is 0 Å². The van der Waals surface area contributed by atoms with Crippen molar-refractivity contribution in [2.75, 3.05) is 24.6 Å². The number of ether oxygens (including phenoxy) is 1. The second-order valence-corrected chi connectivity index (χ2v) is 5.15. The fourth-order valence-corrected chi connectivity index (χ4v) is 2.76. The van der Waals surface area contributed by atoms with Crippen molar-refractivity contribution in [1.82, 2.24) is 0 Å². The summed E-state index contributed by atoms with van der Waals surface area (Å²) in [5.74, 6) is 0.0410. The zero-order valence-corrected chi connectivity index (χ0v) is 11.9. The number of halogens is 1. The Balaban J connectivity index is 2.15. The van der Waals surface area contributed by atoms with Crippen molar-refractivity contribution < 1.29 is 4.74 Å². The van der Waals surface area contributed by atoms with Crippen molar-refractivity contribution >= 4 is 23.1 Å². The first kappa shape index (κ1) is 14.2. The van der Waals surface area contributed by atoms with Crippen molar-refractivity contribution in [1.29, 1.82) is 5.41 Å². The van der Waals surface area contributed by atoms with E-state index in [1.165, 1.54) is 0 Å². The summed E-state index contributed by atoms with van der Waals surface area (Å²) >= 11 is 6.30. The minimum atomic E-state index is 0.0410. The van der Waals surface area contributed by atoms with Crippen LogP contribution in [0.25, 0.3) is 0 Å². The van der Waals surface area contributed by atoms with Gasteiger partial charge in [0.15, 0.2) is 0 Å². The summed E-state index contributed by atoms with van der Waals surface area (Å²) in [5.41, 5.74) is 7.12. The maximum atomic E-state index is 7.42. The first-order chi connectivity index (χ1) is 9.11. The summed E-state index contributed by atoms with van der Waals surface area (Å²) in [6.45, 7) is 4.62. The van der Waals surface area contributed by atoms with Gasteiger partial charge in [-0.3, -0.25) is 5.41 Å². The molecule has 2 rings (SSSR count). The van der Waals surface area contributed by atoms with E-state index in [-0.39, 0.29) is 11.9 Å². The standard InChI is InChI=1S/C14H20ClN3O/c1-2-19-11-4-3-7-18(9-11)13-6-5-10(14(16)17)8-12(13)15/h5-6,8,11H,2-4,7,9H2,1H3,(H3,16,17). The molecule has 1 unspecified atom stereocenters. The summed E-state index contributed by atoms with van der Waals surface area (Å²) in [5, 5.41) is 8.06. The van der Waals surface area contributed by atoms with Crippen LogP contribution in [0.1, 0.15) is 25.3 Å². The Morgan fingerprint density at radius 3 is 3.00 bits per heavy atom. The summed E-state index contributed by atoms with van der Waals surface area (Å²) in [6, 6.07) is 5.53.